The molecular weight excluding hydrogens is 460 g/mol. The highest BCUT2D eigenvalue weighted by molar-refractivity contribution is 6.00. The van der Waals surface area contributed by atoms with Gasteiger partial charge in [0.15, 0.2) is 0 Å². The van der Waals surface area contributed by atoms with Gasteiger partial charge in [-0.05, 0) is 54.8 Å². The number of hydrogen-bond donors (Lipinski definition) is 1. The van der Waals surface area contributed by atoms with E-state index in [4.69, 9.17) is 9.72 Å². The highest BCUT2D eigenvalue weighted by Crippen LogP contribution is 2.27. The average Bonchev–Trinajstić information content (AvgIpc) is 3.66. The van der Waals surface area contributed by atoms with Crippen molar-refractivity contribution < 1.29 is 4.74 Å². The molecule has 7 heteroatoms. The first kappa shape index (κ1) is 23.0. The van der Waals surface area contributed by atoms with Crippen molar-refractivity contribution in [2.45, 2.75) is 27.0 Å². The van der Waals surface area contributed by atoms with E-state index < -0.39 is 0 Å². The van der Waals surface area contributed by atoms with Crippen LogP contribution in [0.25, 0.3) is 22.2 Å². The van der Waals surface area contributed by atoms with Gasteiger partial charge in [0, 0.05) is 37.5 Å². The Kier molecular flexibility index (Phi) is 5.96. The van der Waals surface area contributed by atoms with Crippen molar-refractivity contribution in [3.63, 3.8) is 0 Å². The van der Waals surface area contributed by atoms with Crippen molar-refractivity contribution >= 4 is 16.9 Å². The van der Waals surface area contributed by atoms with Gasteiger partial charge in [-0.25, -0.2) is 4.98 Å². The van der Waals surface area contributed by atoms with Crippen molar-refractivity contribution in [2.75, 3.05) is 13.1 Å². The van der Waals surface area contributed by atoms with Gasteiger partial charge in [0.1, 0.15) is 24.0 Å². The molecule has 7 nitrogen and oxygen atoms in total. The largest absolute Gasteiger partial charge is 0.486 e. The van der Waals surface area contributed by atoms with Crippen LogP contribution >= 0.6 is 0 Å². The Morgan fingerprint density at radius 1 is 0.973 bits per heavy atom. The summed E-state index contributed by atoms with van der Waals surface area (Å²) in [6, 6.07) is 21.1. The van der Waals surface area contributed by atoms with Crippen molar-refractivity contribution in [3.05, 3.63) is 101 Å². The minimum Gasteiger partial charge on any atom is -0.486 e. The minimum absolute atomic E-state index is 0.366. The summed E-state index contributed by atoms with van der Waals surface area (Å²) in [5.74, 6) is 2.62. The Labute approximate surface area is 216 Å². The van der Waals surface area contributed by atoms with Gasteiger partial charge in [-0.3, -0.25) is 9.67 Å². The fourth-order valence-corrected chi connectivity index (χ4v) is 4.82. The number of nitrogens with zero attached hydrogens (tertiary/aromatic N) is 5. The second-order valence-corrected chi connectivity index (χ2v) is 9.62. The highest BCUT2D eigenvalue weighted by atomic mass is 16.5. The van der Waals surface area contributed by atoms with Crippen LogP contribution in [-0.2, 0) is 20.2 Å². The number of benzene rings is 3. The molecule has 0 bridgehead atoms. The SMILES string of the molecule is Cc1ccc(C)c(Cn2c(COc3cccc(C4=NCCN4)c3)nc3ccc(-c4cnn(C)c4)cc32)c1. The third-order valence-corrected chi connectivity index (χ3v) is 6.85. The van der Waals surface area contributed by atoms with E-state index in [1.165, 1.54) is 16.7 Å². The summed E-state index contributed by atoms with van der Waals surface area (Å²) in [4.78, 5) is 9.53. The third kappa shape index (κ3) is 4.72. The molecule has 3 heterocycles. The van der Waals surface area contributed by atoms with Crippen molar-refractivity contribution in [1.29, 1.82) is 0 Å². The number of aliphatic imine (C=N–C) groups is 1. The normalized spacial score (nSPS) is 13.1. The molecule has 186 valence electrons. The third-order valence-electron chi connectivity index (χ3n) is 6.85. The molecule has 1 aliphatic heterocycles. The van der Waals surface area contributed by atoms with Gasteiger partial charge in [-0.1, -0.05) is 42.0 Å². The average molecular weight is 491 g/mol. The van der Waals surface area contributed by atoms with Gasteiger partial charge in [0.2, 0.25) is 0 Å². The zero-order chi connectivity index (χ0) is 25.4. The van der Waals surface area contributed by atoms with Crippen LogP contribution < -0.4 is 10.1 Å². The van der Waals surface area contributed by atoms with Gasteiger partial charge in [0.25, 0.3) is 0 Å². The molecular formula is C30H30N6O. The van der Waals surface area contributed by atoms with Gasteiger partial charge < -0.3 is 14.6 Å². The molecule has 3 aromatic carbocycles. The number of amidine groups is 1. The number of fused-ring (bicyclic) bond motifs is 1. The molecule has 5 aromatic rings. The van der Waals surface area contributed by atoms with Crippen molar-refractivity contribution in [3.8, 4) is 16.9 Å². The van der Waals surface area contributed by atoms with Gasteiger partial charge in [0.05, 0.1) is 23.8 Å². The van der Waals surface area contributed by atoms with Gasteiger partial charge >= 0.3 is 0 Å². The summed E-state index contributed by atoms with van der Waals surface area (Å²) >= 11 is 0. The summed E-state index contributed by atoms with van der Waals surface area (Å²) in [7, 11) is 1.94. The standard InChI is InChI=1S/C30H30N6O/c1-20-7-8-21(2)24(13-20)18-36-28-15-22(25-16-33-35(3)17-25)9-10-27(28)34-29(36)19-37-26-6-4-5-23(14-26)30-31-11-12-32-30/h4-10,13-17H,11-12,18-19H2,1-3H3,(H,31,32). The molecule has 0 unspecified atom stereocenters. The molecule has 0 atom stereocenters. The van der Waals surface area contributed by atoms with Crippen molar-refractivity contribution in [2.24, 2.45) is 12.0 Å². The van der Waals surface area contributed by atoms with Crippen LogP contribution in [0.4, 0.5) is 0 Å². The summed E-state index contributed by atoms with van der Waals surface area (Å²) in [6.07, 6.45) is 3.93. The van der Waals surface area contributed by atoms with E-state index in [2.05, 4.69) is 76.3 Å². The summed E-state index contributed by atoms with van der Waals surface area (Å²) in [6.45, 7) is 7.07. The van der Waals surface area contributed by atoms with Gasteiger partial charge in [-0.2, -0.15) is 5.10 Å². The lowest BCUT2D eigenvalue weighted by Crippen LogP contribution is -2.19. The first-order valence-corrected chi connectivity index (χ1v) is 12.6. The molecule has 0 fully saturated rings. The molecule has 0 spiro atoms. The Balaban J connectivity index is 1.37. The zero-order valence-corrected chi connectivity index (χ0v) is 21.4. The number of ether oxygens (including phenoxy) is 1. The van der Waals surface area contributed by atoms with Crippen LogP contribution in [0.2, 0.25) is 0 Å². The maximum atomic E-state index is 6.29. The molecule has 2 aromatic heterocycles. The van der Waals surface area contributed by atoms with E-state index in [-0.39, 0.29) is 0 Å². The predicted molar refractivity (Wildman–Crippen MR) is 147 cm³/mol. The monoisotopic (exact) mass is 490 g/mol. The fourth-order valence-electron chi connectivity index (χ4n) is 4.82. The van der Waals surface area contributed by atoms with Crippen LogP contribution in [0.1, 0.15) is 28.1 Å². The summed E-state index contributed by atoms with van der Waals surface area (Å²) < 4.78 is 10.4. The van der Waals surface area contributed by atoms with E-state index in [0.717, 1.165) is 64.8 Å². The highest BCUT2D eigenvalue weighted by Gasteiger charge is 2.15. The number of aryl methyl sites for hydroxylation is 3. The Morgan fingerprint density at radius 3 is 2.70 bits per heavy atom. The topological polar surface area (TPSA) is 69.3 Å². The van der Waals surface area contributed by atoms with E-state index >= 15 is 0 Å². The Morgan fingerprint density at radius 2 is 1.89 bits per heavy atom. The van der Waals surface area contributed by atoms with Crippen LogP contribution in [0, 0.1) is 13.8 Å². The number of nitrogens with one attached hydrogen (secondary N) is 1. The maximum Gasteiger partial charge on any atom is 0.148 e. The van der Waals surface area contributed by atoms with Crippen LogP contribution in [0.15, 0.2) is 78.0 Å². The molecule has 6 rings (SSSR count). The molecule has 37 heavy (non-hydrogen) atoms. The van der Waals surface area contributed by atoms with Gasteiger partial charge in [-0.15, -0.1) is 0 Å². The van der Waals surface area contributed by atoms with E-state index in [9.17, 15) is 0 Å². The molecule has 0 radical (unpaired) electrons. The molecule has 1 aliphatic rings. The molecule has 1 N–H and O–H groups in total. The first-order valence-electron chi connectivity index (χ1n) is 12.6. The predicted octanol–water partition coefficient (Wildman–Crippen LogP) is 5.03. The second kappa shape index (κ2) is 9.58. The number of imidazole rings is 1. The molecule has 0 saturated carbocycles. The lowest BCUT2D eigenvalue weighted by molar-refractivity contribution is 0.291. The Hall–Kier alpha value is -4.39. The second-order valence-electron chi connectivity index (χ2n) is 9.62. The lowest BCUT2D eigenvalue weighted by Gasteiger charge is -2.14. The molecule has 0 saturated heterocycles. The summed E-state index contributed by atoms with van der Waals surface area (Å²) in [5, 5.41) is 7.68. The maximum absolute atomic E-state index is 6.29. The lowest BCUT2D eigenvalue weighted by atomic mass is 10.1. The van der Waals surface area contributed by atoms with Crippen LogP contribution in [-0.4, -0.2) is 38.3 Å². The van der Waals surface area contributed by atoms with Crippen molar-refractivity contribution in [1.82, 2.24) is 24.6 Å². The summed E-state index contributed by atoms with van der Waals surface area (Å²) in [5.41, 5.74) is 9.07. The molecule has 0 amide bonds. The van der Waals surface area contributed by atoms with Crippen LogP contribution in [0.5, 0.6) is 5.75 Å². The van der Waals surface area contributed by atoms with E-state index in [1.54, 1.807) is 0 Å². The smallest absolute Gasteiger partial charge is 0.148 e. The number of aromatic nitrogens is 4. The van der Waals surface area contributed by atoms with E-state index in [0.29, 0.717) is 6.61 Å². The first-order chi connectivity index (χ1) is 18.0. The number of rotatable bonds is 7. The molecule has 0 aliphatic carbocycles. The van der Waals surface area contributed by atoms with E-state index in [1.807, 2.05) is 42.3 Å². The quantitative estimate of drug-likeness (QED) is 0.347. The number of hydrogen-bond acceptors (Lipinski definition) is 5. The van der Waals surface area contributed by atoms with Crippen LogP contribution in [0.3, 0.4) is 0 Å². The zero-order valence-electron chi connectivity index (χ0n) is 21.4. The minimum atomic E-state index is 0.366. The fraction of sp³-hybridized carbons (Fsp3) is 0.233. The Bertz CT molecular complexity index is 1630.